The highest BCUT2D eigenvalue weighted by molar-refractivity contribution is 5.38. The predicted molar refractivity (Wildman–Crippen MR) is 99.6 cm³/mol. The molecule has 0 aliphatic carbocycles. The van der Waals surface area contributed by atoms with Crippen LogP contribution in [-0.2, 0) is 11.2 Å². The third kappa shape index (κ3) is 8.41. The molecular formula is C21H36O2. The normalized spacial score (nSPS) is 12.0. The Morgan fingerprint density at radius 3 is 2.22 bits per heavy atom. The summed E-state index contributed by atoms with van der Waals surface area (Å²) >= 11 is 0. The molecule has 0 unspecified atom stereocenters. The lowest BCUT2D eigenvalue weighted by Crippen LogP contribution is -2.19. The summed E-state index contributed by atoms with van der Waals surface area (Å²) in [6.07, 6.45) is 7.35. The van der Waals surface area contributed by atoms with Crippen molar-refractivity contribution < 1.29 is 9.47 Å². The van der Waals surface area contributed by atoms with Gasteiger partial charge in [0.25, 0.3) is 0 Å². The van der Waals surface area contributed by atoms with Gasteiger partial charge in [-0.1, -0.05) is 45.2 Å². The first kappa shape index (κ1) is 20.0. The molecule has 23 heavy (non-hydrogen) atoms. The van der Waals surface area contributed by atoms with Crippen LogP contribution in [0.3, 0.4) is 0 Å². The third-order valence-electron chi connectivity index (χ3n) is 4.10. The molecule has 0 spiro atoms. The van der Waals surface area contributed by atoms with E-state index in [1.807, 2.05) is 0 Å². The molecule has 1 aromatic carbocycles. The Hall–Kier alpha value is -1.02. The number of unbranched alkanes of at least 4 members (excludes halogenated alkanes) is 4. The Balaban J connectivity index is 2.26. The van der Waals surface area contributed by atoms with Crippen molar-refractivity contribution in [3.63, 3.8) is 0 Å². The minimum atomic E-state index is -0.00200. The lowest BCUT2D eigenvalue weighted by atomic mass is 9.97. The van der Waals surface area contributed by atoms with Gasteiger partial charge >= 0.3 is 0 Å². The van der Waals surface area contributed by atoms with Gasteiger partial charge in [0.2, 0.25) is 0 Å². The number of hydrogen-bond donors (Lipinski definition) is 0. The van der Waals surface area contributed by atoms with Gasteiger partial charge in [0.15, 0.2) is 0 Å². The minimum absolute atomic E-state index is 0.00200. The van der Waals surface area contributed by atoms with E-state index in [1.54, 1.807) is 7.11 Å². The second-order valence-corrected chi connectivity index (χ2v) is 7.70. The van der Waals surface area contributed by atoms with Crippen molar-refractivity contribution >= 4 is 0 Å². The van der Waals surface area contributed by atoms with Gasteiger partial charge in [-0.15, -0.1) is 0 Å². The molecule has 0 fully saturated rings. The van der Waals surface area contributed by atoms with Gasteiger partial charge in [-0.25, -0.2) is 0 Å². The first-order valence-electron chi connectivity index (χ1n) is 9.14. The van der Waals surface area contributed by atoms with Crippen molar-refractivity contribution in [1.82, 2.24) is 0 Å². The van der Waals surface area contributed by atoms with Crippen molar-refractivity contribution in [1.29, 1.82) is 0 Å². The van der Waals surface area contributed by atoms with E-state index in [0.717, 1.165) is 18.8 Å². The van der Waals surface area contributed by atoms with E-state index < -0.39 is 0 Å². The molecule has 0 saturated carbocycles. The monoisotopic (exact) mass is 320 g/mol. The van der Waals surface area contributed by atoms with Gasteiger partial charge in [-0.3, -0.25) is 0 Å². The third-order valence-corrected chi connectivity index (χ3v) is 4.10. The molecule has 0 atom stereocenters. The molecule has 0 heterocycles. The Morgan fingerprint density at radius 2 is 1.61 bits per heavy atom. The SMILES string of the molecule is COc1ccc(C(C)C)cc1CCCCCCCOC(C)(C)C. The number of methoxy groups -OCH3 is 1. The number of hydrogen-bond acceptors (Lipinski definition) is 2. The van der Waals surface area contributed by atoms with Gasteiger partial charge in [0.05, 0.1) is 12.7 Å². The lowest BCUT2D eigenvalue weighted by molar-refractivity contribution is -0.00474. The molecule has 1 aromatic rings. The Labute approximate surface area is 143 Å². The summed E-state index contributed by atoms with van der Waals surface area (Å²) in [5.41, 5.74) is 2.76. The van der Waals surface area contributed by atoms with E-state index >= 15 is 0 Å². The Bertz CT molecular complexity index is 444. The maximum Gasteiger partial charge on any atom is 0.122 e. The van der Waals surface area contributed by atoms with E-state index in [0.29, 0.717) is 5.92 Å². The molecule has 0 aliphatic heterocycles. The molecule has 0 bridgehead atoms. The first-order chi connectivity index (χ1) is 10.8. The fourth-order valence-electron chi connectivity index (χ4n) is 2.68. The van der Waals surface area contributed by atoms with Crippen LogP contribution in [0.4, 0.5) is 0 Å². The van der Waals surface area contributed by atoms with Crippen LogP contribution in [0.5, 0.6) is 5.75 Å². The first-order valence-corrected chi connectivity index (χ1v) is 9.14. The van der Waals surface area contributed by atoms with Gasteiger partial charge in [-0.05, 0) is 63.1 Å². The second kappa shape index (κ2) is 9.97. The summed E-state index contributed by atoms with van der Waals surface area (Å²) in [6.45, 7) is 11.7. The number of rotatable bonds is 10. The molecule has 2 heteroatoms. The molecule has 0 aromatic heterocycles. The van der Waals surface area contributed by atoms with E-state index in [4.69, 9.17) is 9.47 Å². The maximum atomic E-state index is 5.75. The van der Waals surface area contributed by atoms with Crippen LogP contribution in [0.2, 0.25) is 0 Å². The van der Waals surface area contributed by atoms with Crippen molar-refractivity contribution in [2.45, 2.75) is 84.7 Å². The standard InChI is InChI=1S/C21H36O2/c1-17(2)18-13-14-20(22-6)19(16-18)12-10-8-7-9-11-15-23-21(3,4)5/h13-14,16-17H,7-12,15H2,1-6H3. The summed E-state index contributed by atoms with van der Waals surface area (Å²) in [6, 6.07) is 6.62. The fourth-order valence-corrected chi connectivity index (χ4v) is 2.68. The summed E-state index contributed by atoms with van der Waals surface area (Å²) < 4.78 is 11.3. The van der Waals surface area contributed by atoms with Crippen LogP contribution < -0.4 is 4.74 Å². The zero-order valence-corrected chi connectivity index (χ0v) is 16.1. The smallest absolute Gasteiger partial charge is 0.122 e. The number of ether oxygens (including phenoxy) is 2. The molecule has 0 radical (unpaired) electrons. The minimum Gasteiger partial charge on any atom is -0.496 e. The van der Waals surface area contributed by atoms with E-state index in [1.165, 1.54) is 43.2 Å². The fraction of sp³-hybridized carbons (Fsp3) is 0.714. The van der Waals surface area contributed by atoms with Gasteiger partial charge in [0, 0.05) is 6.61 Å². The van der Waals surface area contributed by atoms with Gasteiger partial charge in [-0.2, -0.15) is 0 Å². The van der Waals surface area contributed by atoms with Crippen molar-refractivity contribution in [3.05, 3.63) is 29.3 Å². The van der Waals surface area contributed by atoms with Gasteiger partial charge < -0.3 is 9.47 Å². The molecule has 0 N–H and O–H groups in total. The Kier molecular flexibility index (Phi) is 8.68. The van der Waals surface area contributed by atoms with Crippen LogP contribution in [0.25, 0.3) is 0 Å². The zero-order chi connectivity index (χ0) is 17.3. The van der Waals surface area contributed by atoms with Crippen LogP contribution in [0.1, 0.15) is 83.8 Å². The summed E-state index contributed by atoms with van der Waals surface area (Å²) in [7, 11) is 1.77. The summed E-state index contributed by atoms with van der Waals surface area (Å²) in [4.78, 5) is 0. The Morgan fingerprint density at radius 1 is 0.957 bits per heavy atom. The summed E-state index contributed by atoms with van der Waals surface area (Å²) in [5.74, 6) is 1.61. The van der Waals surface area contributed by atoms with Crippen molar-refractivity contribution in [3.8, 4) is 5.75 Å². The average molecular weight is 321 g/mol. The van der Waals surface area contributed by atoms with E-state index in [9.17, 15) is 0 Å². The van der Waals surface area contributed by atoms with E-state index in [2.05, 4.69) is 52.8 Å². The average Bonchev–Trinajstić information content (AvgIpc) is 2.48. The number of aryl methyl sites for hydroxylation is 1. The highest BCUT2D eigenvalue weighted by atomic mass is 16.5. The second-order valence-electron chi connectivity index (χ2n) is 7.70. The molecular weight excluding hydrogens is 284 g/mol. The van der Waals surface area contributed by atoms with Crippen molar-refractivity contribution in [2.75, 3.05) is 13.7 Å². The highest BCUT2D eigenvalue weighted by Crippen LogP contribution is 2.25. The highest BCUT2D eigenvalue weighted by Gasteiger charge is 2.09. The van der Waals surface area contributed by atoms with Crippen LogP contribution >= 0.6 is 0 Å². The maximum absolute atomic E-state index is 5.75. The van der Waals surface area contributed by atoms with Crippen LogP contribution in [0, 0.1) is 0 Å². The zero-order valence-electron chi connectivity index (χ0n) is 16.1. The van der Waals surface area contributed by atoms with Crippen LogP contribution in [-0.4, -0.2) is 19.3 Å². The van der Waals surface area contributed by atoms with Gasteiger partial charge in [0.1, 0.15) is 5.75 Å². The molecule has 0 aliphatic rings. The largest absolute Gasteiger partial charge is 0.496 e. The van der Waals surface area contributed by atoms with Crippen molar-refractivity contribution in [2.24, 2.45) is 0 Å². The molecule has 1 rings (SSSR count). The molecule has 132 valence electrons. The molecule has 0 saturated heterocycles. The predicted octanol–water partition coefficient (Wildman–Crippen LogP) is 6.13. The number of benzene rings is 1. The molecule has 2 nitrogen and oxygen atoms in total. The quantitative estimate of drug-likeness (QED) is 0.483. The topological polar surface area (TPSA) is 18.5 Å². The van der Waals surface area contributed by atoms with Crippen LogP contribution in [0.15, 0.2) is 18.2 Å². The lowest BCUT2D eigenvalue weighted by Gasteiger charge is -2.19. The van der Waals surface area contributed by atoms with E-state index in [-0.39, 0.29) is 5.60 Å². The summed E-state index contributed by atoms with van der Waals surface area (Å²) in [5, 5.41) is 0. The molecule has 0 amide bonds.